The third-order valence-corrected chi connectivity index (χ3v) is 1.99. The van der Waals surface area contributed by atoms with Crippen molar-refractivity contribution in [2.75, 3.05) is 0 Å². The molecule has 0 atom stereocenters. The molecule has 0 spiro atoms. The lowest BCUT2D eigenvalue weighted by atomic mass is 10.2. The molecule has 4 nitrogen and oxygen atoms in total. The van der Waals surface area contributed by atoms with E-state index in [0.29, 0.717) is 5.76 Å². The molecule has 1 aromatic carbocycles. The van der Waals surface area contributed by atoms with E-state index >= 15 is 0 Å². The number of carboxylic acids is 1. The molecule has 1 aromatic heterocycles. The minimum atomic E-state index is -1.09. The normalized spacial score (nSPS) is 10.8. The minimum absolute atomic E-state index is 0.0901. The Morgan fingerprint density at radius 1 is 1.25 bits per heavy atom. The molecular weight excluding hydrogens is 206 g/mol. The van der Waals surface area contributed by atoms with Crippen molar-refractivity contribution in [3.05, 3.63) is 53.4 Å². The summed E-state index contributed by atoms with van der Waals surface area (Å²) < 4.78 is 4.83. The van der Waals surface area contributed by atoms with Crippen LogP contribution >= 0.6 is 0 Å². The van der Waals surface area contributed by atoms with E-state index in [1.165, 1.54) is 6.07 Å². The first kappa shape index (κ1) is 10.2. The zero-order chi connectivity index (χ0) is 11.4. The predicted octanol–water partition coefficient (Wildman–Crippen LogP) is 2.54. The van der Waals surface area contributed by atoms with Crippen LogP contribution in [0.2, 0.25) is 0 Å². The molecule has 0 saturated heterocycles. The van der Waals surface area contributed by atoms with Crippen LogP contribution in [0.3, 0.4) is 0 Å². The second-order valence-electron chi connectivity index (χ2n) is 3.16. The van der Waals surface area contributed by atoms with Gasteiger partial charge in [-0.2, -0.15) is 0 Å². The highest BCUT2D eigenvalue weighted by atomic mass is 16.5. The predicted molar refractivity (Wildman–Crippen MR) is 58.8 cm³/mol. The van der Waals surface area contributed by atoms with Gasteiger partial charge in [-0.25, -0.2) is 4.79 Å². The van der Waals surface area contributed by atoms with Gasteiger partial charge in [0, 0.05) is 6.07 Å². The summed E-state index contributed by atoms with van der Waals surface area (Å²) in [5, 5.41) is 12.0. The molecule has 4 heteroatoms. The number of aromatic carboxylic acids is 1. The summed E-state index contributed by atoms with van der Waals surface area (Å²) in [6.45, 7) is 0. The Labute approximate surface area is 91.8 Å². The van der Waals surface area contributed by atoms with E-state index in [2.05, 4.69) is 5.16 Å². The molecule has 80 valence electrons. The van der Waals surface area contributed by atoms with Gasteiger partial charge in [-0.1, -0.05) is 41.6 Å². The lowest BCUT2D eigenvalue weighted by molar-refractivity contribution is 0.0685. The van der Waals surface area contributed by atoms with E-state index in [4.69, 9.17) is 9.63 Å². The number of nitrogens with zero attached hydrogens (tertiary/aromatic N) is 1. The summed E-state index contributed by atoms with van der Waals surface area (Å²) in [7, 11) is 0. The van der Waals surface area contributed by atoms with E-state index in [0.717, 1.165) is 5.56 Å². The number of hydrogen-bond donors (Lipinski definition) is 1. The lowest BCUT2D eigenvalue weighted by Crippen LogP contribution is -1.94. The Hall–Kier alpha value is -2.36. The van der Waals surface area contributed by atoms with Gasteiger partial charge in [0.2, 0.25) is 0 Å². The molecule has 0 fully saturated rings. The van der Waals surface area contributed by atoms with Crippen LogP contribution in [0, 0.1) is 0 Å². The van der Waals surface area contributed by atoms with Crippen LogP contribution in [0.1, 0.15) is 21.8 Å². The van der Waals surface area contributed by atoms with Crippen molar-refractivity contribution < 1.29 is 14.4 Å². The number of rotatable bonds is 3. The second-order valence-corrected chi connectivity index (χ2v) is 3.16. The van der Waals surface area contributed by atoms with Gasteiger partial charge in [0.1, 0.15) is 0 Å². The van der Waals surface area contributed by atoms with Crippen molar-refractivity contribution in [1.29, 1.82) is 0 Å². The number of carboxylic acid groups (broad SMARTS) is 1. The van der Waals surface area contributed by atoms with E-state index in [-0.39, 0.29) is 5.69 Å². The summed E-state index contributed by atoms with van der Waals surface area (Å²) >= 11 is 0. The van der Waals surface area contributed by atoms with Gasteiger partial charge in [-0.15, -0.1) is 0 Å². The molecule has 0 aliphatic heterocycles. The van der Waals surface area contributed by atoms with Crippen molar-refractivity contribution in [2.24, 2.45) is 0 Å². The van der Waals surface area contributed by atoms with Gasteiger partial charge < -0.3 is 9.63 Å². The third-order valence-electron chi connectivity index (χ3n) is 1.99. The van der Waals surface area contributed by atoms with Crippen LogP contribution in [0.4, 0.5) is 0 Å². The van der Waals surface area contributed by atoms with E-state index in [9.17, 15) is 4.79 Å². The first-order valence-corrected chi connectivity index (χ1v) is 4.69. The van der Waals surface area contributed by atoms with Crippen molar-refractivity contribution >= 4 is 18.1 Å². The SMILES string of the molecule is O=C(O)c1cc(/C=C\c2ccccc2)on1. The van der Waals surface area contributed by atoms with Crippen LogP contribution < -0.4 is 0 Å². The molecule has 1 heterocycles. The molecule has 0 amide bonds. The third kappa shape index (κ3) is 2.36. The summed E-state index contributed by atoms with van der Waals surface area (Å²) in [5.41, 5.74) is 0.920. The molecule has 0 aliphatic rings. The largest absolute Gasteiger partial charge is 0.476 e. The molecule has 0 aliphatic carbocycles. The number of aromatic nitrogens is 1. The number of carbonyl (C=O) groups is 1. The maximum Gasteiger partial charge on any atom is 0.358 e. The van der Waals surface area contributed by atoms with Crippen molar-refractivity contribution in [3.8, 4) is 0 Å². The molecule has 2 rings (SSSR count). The molecule has 0 bridgehead atoms. The molecule has 2 aromatic rings. The summed E-state index contributed by atoms with van der Waals surface area (Å²) in [6.07, 6.45) is 3.50. The standard InChI is InChI=1S/C12H9NO3/c14-12(15)11-8-10(16-13-11)7-6-9-4-2-1-3-5-9/h1-8H,(H,14,15)/b7-6-. The number of hydrogen-bond acceptors (Lipinski definition) is 3. The first-order valence-electron chi connectivity index (χ1n) is 4.69. The molecular formula is C12H9NO3. The summed E-state index contributed by atoms with van der Waals surface area (Å²) in [4.78, 5) is 10.5. The van der Waals surface area contributed by atoms with E-state index in [1.54, 1.807) is 6.08 Å². The Kier molecular flexibility index (Phi) is 2.82. The molecule has 1 N–H and O–H groups in total. The van der Waals surface area contributed by atoms with Gasteiger partial charge in [-0.3, -0.25) is 0 Å². The van der Waals surface area contributed by atoms with Crippen LogP contribution in [0.25, 0.3) is 12.2 Å². The second kappa shape index (κ2) is 4.44. The van der Waals surface area contributed by atoms with E-state index < -0.39 is 5.97 Å². The summed E-state index contributed by atoms with van der Waals surface area (Å²) in [5.74, 6) is -0.677. The van der Waals surface area contributed by atoms with E-state index in [1.807, 2.05) is 36.4 Å². The zero-order valence-electron chi connectivity index (χ0n) is 8.33. The van der Waals surface area contributed by atoms with Crippen LogP contribution in [0.5, 0.6) is 0 Å². The lowest BCUT2D eigenvalue weighted by Gasteiger charge is -1.88. The maximum absolute atomic E-state index is 10.5. The van der Waals surface area contributed by atoms with Gasteiger partial charge in [0.25, 0.3) is 0 Å². The highest BCUT2D eigenvalue weighted by Crippen LogP contribution is 2.09. The van der Waals surface area contributed by atoms with Gasteiger partial charge in [0.15, 0.2) is 11.5 Å². The van der Waals surface area contributed by atoms with Crippen LogP contribution in [-0.4, -0.2) is 16.2 Å². The Bertz CT molecular complexity index is 514. The zero-order valence-corrected chi connectivity index (χ0v) is 8.33. The first-order chi connectivity index (χ1) is 7.75. The monoisotopic (exact) mass is 215 g/mol. The highest BCUT2D eigenvalue weighted by molar-refractivity contribution is 5.86. The topological polar surface area (TPSA) is 63.3 Å². The quantitative estimate of drug-likeness (QED) is 0.854. The minimum Gasteiger partial charge on any atom is -0.476 e. The highest BCUT2D eigenvalue weighted by Gasteiger charge is 2.08. The Balaban J connectivity index is 2.15. The summed E-state index contributed by atoms with van der Waals surface area (Å²) in [6, 6.07) is 11.0. The molecule has 16 heavy (non-hydrogen) atoms. The van der Waals surface area contributed by atoms with Crippen molar-refractivity contribution in [2.45, 2.75) is 0 Å². The van der Waals surface area contributed by atoms with Crippen LogP contribution in [0.15, 0.2) is 40.9 Å². The maximum atomic E-state index is 10.5. The average molecular weight is 215 g/mol. The van der Waals surface area contributed by atoms with Crippen molar-refractivity contribution in [1.82, 2.24) is 5.16 Å². The number of benzene rings is 1. The molecule has 0 unspecified atom stereocenters. The average Bonchev–Trinajstić information content (AvgIpc) is 2.76. The molecule has 0 saturated carbocycles. The Morgan fingerprint density at radius 2 is 2.00 bits per heavy atom. The fourth-order valence-corrected chi connectivity index (χ4v) is 1.21. The Morgan fingerprint density at radius 3 is 2.62 bits per heavy atom. The van der Waals surface area contributed by atoms with Crippen molar-refractivity contribution in [3.63, 3.8) is 0 Å². The smallest absolute Gasteiger partial charge is 0.358 e. The van der Waals surface area contributed by atoms with Gasteiger partial charge in [-0.05, 0) is 11.6 Å². The van der Waals surface area contributed by atoms with Crippen LogP contribution in [-0.2, 0) is 0 Å². The fraction of sp³-hybridized carbons (Fsp3) is 0. The fourth-order valence-electron chi connectivity index (χ4n) is 1.21. The van der Waals surface area contributed by atoms with Gasteiger partial charge in [0.05, 0.1) is 0 Å². The van der Waals surface area contributed by atoms with Gasteiger partial charge >= 0.3 is 5.97 Å². The molecule has 0 radical (unpaired) electrons.